The van der Waals surface area contributed by atoms with Crippen molar-refractivity contribution in [2.24, 2.45) is 0 Å². The fraction of sp³-hybridized carbons (Fsp3) is 0.333. The molecule has 1 N–H and O–H groups in total. The van der Waals surface area contributed by atoms with Crippen molar-refractivity contribution in [2.45, 2.75) is 19.4 Å². The molecule has 90 valence electrons. The molecule has 0 bridgehead atoms. The van der Waals surface area contributed by atoms with Gasteiger partial charge in [0.05, 0.1) is 17.6 Å². The molecule has 17 heavy (non-hydrogen) atoms. The van der Waals surface area contributed by atoms with Crippen molar-refractivity contribution in [1.29, 1.82) is 0 Å². The Kier molecular flexibility index (Phi) is 3.76. The van der Waals surface area contributed by atoms with Gasteiger partial charge in [-0.2, -0.15) is 0 Å². The van der Waals surface area contributed by atoms with Gasteiger partial charge < -0.3 is 5.32 Å². The van der Waals surface area contributed by atoms with Gasteiger partial charge in [0.1, 0.15) is 0 Å². The normalized spacial score (nSPS) is 12.6. The molecule has 2 rings (SSSR count). The van der Waals surface area contributed by atoms with Crippen LogP contribution < -0.4 is 5.32 Å². The van der Waals surface area contributed by atoms with Crippen molar-refractivity contribution < 1.29 is 0 Å². The molecule has 4 nitrogen and oxygen atoms in total. The zero-order valence-electron chi connectivity index (χ0n) is 9.89. The van der Waals surface area contributed by atoms with Gasteiger partial charge in [0, 0.05) is 17.5 Å². The van der Waals surface area contributed by atoms with E-state index in [1.165, 1.54) is 0 Å². The number of rotatable bonds is 4. The SMILES string of the molecule is CNC(C)Cc1cnnn1-c1ccc(Cl)cc1. The van der Waals surface area contributed by atoms with Gasteiger partial charge in [0.15, 0.2) is 0 Å². The van der Waals surface area contributed by atoms with Crippen LogP contribution in [0.15, 0.2) is 30.5 Å². The van der Waals surface area contributed by atoms with Crippen molar-refractivity contribution in [3.63, 3.8) is 0 Å². The summed E-state index contributed by atoms with van der Waals surface area (Å²) in [6.07, 6.45) is 2.68. The third-order valence-corrected chi connectivity index (χ3v) is 2.95. The highest BCUT2D eigenvalue weighted by molar-refractivity contribution is 6.30. The third-order valence-electron chi connectivity index (χ3n) is 2.70. The third kappa shape index (κ3) is 2.84. The summed E-state index contributed by atoms with van der Waals surface area (Å²) in [5, 5.41) is 12.0. The molecule has 0 aliphatic rings. The van der Waals surface area contributed by atoms with Crippen LogP contribution in [0, 0.1) is 0 Å². The second-order valence-corrected chi connectivity index (χ2v) is 4.44. The summed E-state index contributed by atoms with van der Waals surface area (Å²) < 4.78 is 1.84. The Bertz CT molecular complexity index is 478. The van der Waals surface area contributed by atoms with E-state index < -0.39 is 0 Å². The van der Waals surface area contributed by atoms with Crippen molar-refractivity contribution in [3.05, 3.63) is 41.2 Å². The number of likely N-dealkylation sites (N-methyl/N-ethyl adjacent to an activating group) is 1. The van der Waals surface area contributed by atoms with Crippen molar-refractivity contribution in [2.75, 3.05) is 7.05 Å². The van der Waals surface area contributed by atoms with Crippen molar-refractivity contribution in [1.82, 2.24) is 20.3 Å². The van der Waals surface area contributed by atoms with E-state index in [1.54, 1.807) is 6.20 Å². The quantitative estimate of drug-likeness (QED) is 0.904. The average Bonchev–Trinajstić information content (AvgIpc) is 2.78. The van der Waals surface area contributed by atoms with Crippen LogP contribution in [0.1, 0.15) is 12.6 Å². The average molecular weight is 251 g/mol. The lowest BCUT2D eigenvalue weighted by atomic mass is 10.2. The van der Waals surface area contributed by atoms with E-state index in [1.807, 2.05) is 36.0 Å². The number of hydrogen-bond donors (Lipinski definition) is 1. The number of hydrogen-bond acceptors (Lipinski definition) is 3. The van der Waals surface area contributed by atoms with Crippen LogP contribution in [0.5, 0.6) is 0 Å². The highest BCUT2D eigenvalue weighted by atomic mass is 35.5. The van der Waals surface area contributed by atoms with Crippen LogP contribution in [0.25, 0.3) is 5.69 Å². The Balaban J connectivity index is 2.27. The molecule has 1 aromatic carbocycles. The summed E-state index contributed by atoms with van der Waals surface area (Å²) in [7, 11) is 1.95. The summed E-state index contributed by atoms with van der Waals surface area (Å²) in [4.78, 5) is 0. The molecule has 5 heteroatoms. The maximum Gasteiger partial charge on any atom is 0.0730 e. The fourth-order valence-electron chi connectivity index (χ4n) is 1.61. The largest absolute Gasteiger partial charge is 0.317 e. The number of nitrogens with zero attached hydrogens (tertiary/aromatic N) is 3. The second-order valence-electron chi connectivity index (χ2n) is 4.01. The summed E-state index contributed by atoms with van der Waals surface area (Å²) >= 11 is 5.86. The zero-order valence-corrected chi connectivity index (χ0v) is 10.6. The fourth-order valence-corrected chi connectivity index (χ4v) is 1.74. The Morgan fingerprint density at radius 2 is 2.06 bits per heavy atom. The first-order valence-electron chi connectivity index (χ1n) is 5.53. The number of nitrogens with one attached hydrogen (secondary N) is 1. The first-order valence-corrected chi connectivity index (χ1v) is 5.91. The highest BCUT2D eigenvalue weighted by Gasteiger charge is 2.09. The molecular formula is C12H15ClN4. The molecule has 1 unspecified atom stereocenters. The van der Waals surface area contributed by atoms with E-state index in [2.05, 4.69) is 22.6 Å². The van der Waals surface area contributed by atoms with Crippen LogP contribution in [0.2, 0.25) is 5.02 Å². The maximum atomic E-state index is 5.86. The Hall–Kier alpha value is -1.39. The highest BCUT2D eigenvalue weighted by Crippen LogP contribution is 2.14. The van der Waals surface area contributed by atoms with E-state index in [0.29, 0.717) is 6.04 Å². The molecule has 0 saturated carbocycles. The molecular weight excluding hydrogens is 236 g/mol. The minimum absolute atomic E-state index is 0.388. The van der Waals surface area contributed by atoms with Crippen LogP contribution in [0.4, 0.5) is 0 Å². The van der Waals surface area contributed by atoms with Crippen LogP contribution in [0.3, 0.4) is 0 Å². The summed E-state index contributed by atoms with van der Waals surface area (Å²) in [6, 6.07) is 7.96. The van der Waals surface area contributed by atoms with Gasteiger partial charge in [-0.3, -0.25) is 0 Å². The molecule has 0 radical (unpaired) electrons. The van der Waals surface area contributed by atoms with E-state index in [4.69, 9.17) is 11.6 Å². The number of halogens is 1. The van der Waals surface area contributed by atoms with Crippen molar-refractivity contribution >= 4 is 11.6 Å². The summed E-state index contributed by atoms with van der Waals surface area (Å²) in [5.41, 5.74) is 2.05. The number of aromatic nitrogens is 3. The van der Waals surface area contributed by atoms with E-state index in [0.717, 1.165) is 22.8 Å². The van der Waals surface area contributed by atoms with E-state index >= 15 is 0 Å². The molecule has 0 spiro atoms. The standard InChI is InChI=1S/C12H15ClN4/c1-9(14-2)7-12-8-15-16-17(12)11-5-3-10(13)4-6-11/h3-6,8-9,14H,7H2,1-2H3. The lowest BCUT2D eigenvalue weighted by Crippen LogP contribution is -2.24. The Morgan fingerprint density at radius 1 is 1.35 bits per heavy atom. The molecule has 0 aliphatic carbocycles. The minimum atomic E-state index is 0.388. The van der Waals surface area contributed by atoms with Gasteiger partial charge >= 0.3 is 0 Å². The first kappa shape index (κ1) is 12.1. The molecule has 0 saturated heterocycles. The van der Waals surface area contributed by atoms with Gasteiger partial charge in [-0.1, -0.05) is 16.8 Å². The molecule has 2 aromatic rings. The van der Waals surface area contributed by atoms with Gasteiger partial charge in [-0.25, -0.2) is 4.68 Å². The molecule has 1 heterocycles. The van der Waals surface area contributed by atoms with Gasteiger partial charge in [-0.05, 0) is 38.2 Å². The van der Waals surface area contributed by atoms with Crippen LogP contribution >= 0.6 is 11.6 Å². The first-order chi connectivity index (χ1) is 8.20. The molecule has 0 aliphatic heterocycles. The Morgan fingerprint density at radius 3 is 2.71 bits per heavy atom. The van der Waals surface area contributed by atoms with Crippen LogP contribution in [-0.4, -0.2) is 28.1 Å². The molecule has 1 atom stereocenters. The van der Waals surface area contributed by atoms with Gasteiger partial charge in [0.25, 0.3) is 0 Å². The van der Waals surface area contributed by atoms with E-state index in [9.17, 15) is 0 Å². The van der Waals surface area contributed by atoms with Gasteiger partial charge in [-0.15, -0.1) is 5.10 Å². The lowest BCUT2D eigenvalue weighted by Gasteiger charge is -2.11. The Labute approximate surface area is 106 Å². The van der Waals surface area contributed by atoms with Gasteiger partial charge in [0.2, 0.25) is 0 Å². The second kappa shape index (κ2) is 5.29. The molecule has 0 amide bonds. The number of benzene rings is 1. The molecule has 0 fully saturated rings. The molecule has 1 aromatic heterocycles. The monoisotopic (exact) mass is 250 g/mol. The summed E-state index contributed by atoms with van der Waals surface area (Å²) in [6.45, 7) is 2.12. The minimum Gasteiger partial charge on any atom is -0.317 e. The lowest BCUT2D eigenvalue weighted by molar-refractivity contribution is 0.588. The summed E-state index contributed by atoms with van der Waals surface area (Å²) in [5.74, 6) is 0. The maximum absolute atomic E-state index is 5.86. The predicted molar refractivity (Wildman–Crippen MR) is 68.6 cm³/mol. The van der Waals surface area contributed by atoms with Crippen molar-refractivity contribution in [3.8, 4) is 5.69 Å². The zero-order chi connectivity index (χ0) is 12.3. The topological polar surface area (TPSA) is 42.7 Å². The van der Waals surface area contributed by atoms with E-state index in [-0.39, 0.29) is 0 Å². The predicted octanol–water partition coefficient (Wildman–Crippen LogP) is 2.07. The van der Waals surface area contributed by atoms with Crippen LogP contribution in [-0.2, 0) is 6.42 Å². The smallest absolute Gasteiger partial charge is 0.0730 e.